The molecule has 4 heteroatoms. The van der Waals surface area contributed by atoms with Gasteiger partial charge >= 0.3 is 6.09 Å². The molecule has 0 fully saturated rings. The fourth-order valence-corrected chi connectivity index (χ4v) is 2.01. The lowest BCUT2D eigenvalue weighted by atomic mass is 10.1. The van der Waals surface area contributed by atoms with Gasteiger partial charge in [-0.2, -0.15) is 0 Å². The topological polar surface area (TPSA) is 47.6 Å². The zero-order valence-electron chi connectivity index (χ0n) is 16.2. The van der Waals surface area contributed by atoms with Crippen LogP contribution in [0.1, 0.15) is 60.3 Å². The second kappa shape index (κ2) is 12.8. The van der Waals surface area contributed by atoms with E-state index in [9.17, 15) is 4.79 Å². The molecule has 0 aliphatic rings. The van der Waals surface area contributed by atoms with E-state index >= 15 is 0 Å². The number of allylic oxidation sites excluding steroid dienone is 5. The second-order valence-corrected chi connectivity index (χ2v) is 6.83. The van der Waals surface area contributed by atoms with Crippen LogP contribution in [0, 0.1) is 0 Å². The summed E-state index contributed by atoms with van der Waals surface area (Å²) in [6.07, 6.45) is 16.1. The van der Waals surface area contributed by atoms with Gasteiger partial charge < -0.3 is 14.8 Å². The Morgan fingerprint density at radius 2 is 1.75 bits per heavy atom. The average Bonchev–Trinajstić information content (AvgIpc) is 2.47. The zero-order chi connectivity index (χ0) is 18.4. The van der Waals surface area contributed by atoms with Crippen LogP contribution in [-0.4, -0.2) is 30.9 Å². The quantitative estimate of drug-likeness (QED) is 0.442. The molecule has 138 valence electrons. The van der Waals surface area contributed by atoms with Crippen LogP contribution in [0.4, 0.5) is 4.79 Å². The van der Waals surface area contributed by atoms with Gasteiger partial charge in [0.15, 0.2) is 0 Å². The lowest BCUT2D eigenvalue weighted by Crippen LogP contribution is -2.44. The molecule has 0 spiro atoms. The van der Waals surface area contributed by atoms with Crippen molar-refractivity contribution in [3.05, 3.63) is 36.5 Å². The summed E-state index contributed by atoms with van der Waals surface area (Å²) in [5, 5.41) is 2.82. The Hall–Kier alpha value is -1.55. The Kier molecular flexibility index (Phi) is 12.0. The van der Waals surface area contributed by atoms with E-state index in [4.69, 9.17) is 9.47 Å². The Morgan fingerprint density at radius 3 is 2.29 bits per heavy atom. The summed E-state index contributed by atoms with van der Waals surface area (Å²) in [5.41, 5.74) is -0.498. The fourth-order valence-electron chi connectivity index (χ4n) is 2.01. The molecule has 0 saturated carbocycles. The number of amides is 1. The third kappa shape index (κ3) is 12.9. The molecule has 4 nitrogen and oxygen atoms in total. The van der Waals surface area contributed by atoms with Crippen molar-refractivity contribution in [1.29, 1.82) is 0 Å². The summed E-state index contributed by atoms with van der Waals surface area (Å²) in [6.45, 7) is 9.64. The minimum Gasteiger partial charge on any atom is -0.444 e. The molecule has 0 heterocycles. The summed E-state index contributed by atoms with van der Waals surface area (Å²) in [5.74, 6) is 0. The molecule has 0 rings (SSSR count). The van der Waals surface area contributed by atoms with E-state index in [1.807, 2.05) is 52.0 Å². The molecule has 0 aromatic carbocycles. The first-order valence-electron chi connectivity index (χ1n) is 8.80. The highest BCUT2D eigenvalue weighted by Gasteiger charge is 2.21. The van der Waals surface area contributed by atoms with Crippen LogP contribution in [0.3, 0.4) is 0 Å². The largest absolute Gasteiger partial charge is 0.444 e. The lowest BCUT2D eigenvalue weighted by molar-refractivity contribution is 0.0365. The summed E-state index contributed by atoms with van der Waals surface area (Å²) in [6, 6.07) is -0.132. The first kappa shape index (κ1) is 22.4. The van der Waals surface area contributed by atoms with Crippen LogP contribution in [0.15, 0.2) is 36.5 Å². The molecule has 0 aromatic heterocycles. The molecule has 0 aliphatic carbocycles. The van der Waals surface area contributed by atoms with Gasteiger partial charge in [0.05, 0.1) is 12.1 Å². The van der Waals surface area contributed by atoms with Crippen LogP contribution in [0.2, 0.25) is 0 Å². The van der Waals surface area contributed by atoms with E-state index in [0.717, 1.165) is 12.8 Å². The summed E-state index contributed by atoms with van der Waals surface area (Å²) in [4.78, 5) is 11.8. The molecule has 24 heavy (non-hydrogen) atoms. The van der Waals surface area contributed by atoms with Gasteiger partial charge in [-0.1, -0.05) is 56.2 Å². The molecule has 0 saturated heterocycles. The maximum atomic E-state index is 11.8. The van der Waals surface area contributed by atoms with Crippen molar-refractivity contribution in [1.82, 2.24) is 5.32 Å². The van der Waals surface area contributed by atoms with Gasteiger partial charge in [0.1, 0.15) is 5.60 Å². The number of carbonyl (C=O) groups is 1. The standard InChI is InChI=1S/C20H35NO3/c1-7-8-9-10-11-12-13-14-15-16-18(23-6)17(2)21-19(22)24-20(3,4)5/h10-15,17-18H,7-9,16H2,1-6H3,(H,21,22)/b11-10-,13-12+,15-14+/t17-,18+/m1/s1. The van der Waals surface area contributed by atoms with Crippen LogP contribution in [0.5, 0.6) is 0 Å². The number of hydrogen-bond donors (Lipinski definition) is 1. The smallest absolute Gasteiger partial charge is 0.407 e. The highest BCUT2D eigenvalue weighted by atomic mass is 16.6. The molecule has 1 N–H and O–H groups in total. The molecular weight excluding hydrogens is 302 g/mol. The molecule has 2 atom stereocenters. The highest BCUT2D eigenvalue weighted by molar-refractivity contribution is 5.68. The van der Waals surface area contributed by atoms with E-state index in [1.165, 1.54) is 12.8 Å². The molecule has 1 amide bonds. The average molecular weight is 338 g/mol. The number of ether oxygens (including phenoxy) is 2. The molecule has 0 aromatic rings. The van der Waals surface area contributed by atoms with E-state index in [0.29, 0.717) is 0 Å². The maximum Gasteiger partial charge on any atom is 0.407 e. The van der Waals surface area contributed by atoms with Crippen molar-refractivity contribution in [3.63, 3.8) is 0 Å². The van der Waals surface area contributed by atoms with Crippen molar-refractivity contribution in [3.8, 4) is 0 Å². The Labute approximate surface area is 148 Å². The van der Waals surface area contributed by atoms with Gasteiger partial charge in [0, 0.05) is 7.11 Å². The second-order valence-electron chi connectivity index (χ2n) is 6.83. The van der Waals surface area contributed by atoms with Gasteiger partial charge in [0.2, 0.25) is 0 Å². The number of nitrogens with one attached hydrogen (secondary N) is 1. The first-order valence-corrected chi connectivity index (χ1v) is 8.80. The van der Waals surface area contributed by atoms with Crippen molar-refractivity contribution in [2.45, 2.75) is 78.0 Å². The maximum absolute atomic E-state index is 11.8. The van der Waals surface area contributed by atoms with E-state index in [1.54, 1.807) is 7.11 Å². The predicted octanol–water partition coefficient (Wildman–Crippen LogP) is 5.16. The van der Waals surface area contributed by atoms with Gasteiger partial charge in [0.25, 0.3) is 0 Å². The van der Waals surface area contributed by atoms with Gasteiger partial charge in [-0.05, 0) is 40.5 Å². The van der Waals surface area contributed by atoms with Crippen molar-refractivity contribution in [2.75, 3.05) is 7.11 Å². The van der Waals surface area contributed by atoms with Crippen molar-refractivity contribution >= 4 is 6.09 Å². The van der Waals surface area contributed by atoms with Gasteiger partial charge in [-0.25, -0.2) is 4.79 Å². The monoisotopic (exact) mass is 337 g/mol. The normalized spacial score (nSPS) is 15.2. The highest BCUT2D eigenvalue weighted by Crippen LogP contribution is 2.09. The lowest BCUT2D eigenvalue weighted by Gasteiger charge is -2.25. The Bertz CT molecular complexity index is 419. The molecule has 0 unspecified atom stereocenters. The van der Waals surface area contributed by atoms with Crippen molar-refractivity contribution < 1.29 is 14.3 Å². The van der Waals surface area contributed by atoms with E-state index < -0.39 is 11.7 Å². The van der Waals surface area contributed by atoms with E-state index in [-0.39, 0.29) is 12.1 Å². The summed E-state index contributed by atoms with van der Waals surface area (Å²) >= 11 is 0. The van der Waals surface area contributed by atoms with E-state index in [2.05, 4.69) is 24.4 Å². The number of carbonyl (C=O) groups excluding carboxylic acids is 1. The number of rotatable bonds is 10. The minimum atomic E-state index is -0.498. The van der Waals surface area contributed by atoms with Crippen LogP contribution >= 0.6 is 0 Å². The molecule has 0 radical (unpaired) electrons. The third-order valence-electron chi connectivity index (χ3n) is 3.30. The van der Waals surface area contributed by atoms with Gasteiger partial charge in [-0.3, -0.25) is 0 Å². The molecule has 0 bridgehead atoms. The summed E-state index contributed by atoms with van der Waals surface area (Å²) in [7, 11) is 1.65. The number of unbranched alkanes of at least 4 members (excludes halogenated alkanes) is 2. The van der Waals surface area contributed by atoms with Crippen LogP contribution in [0.25, 0.3) is 0 Å². The zero-order valence-corrected chi connectivity index (χ0v) is 16.2. The number of methoxy groups -OCH3 is 1. The molecular formula is C20H35NO3. The molecule has 0 aliphatic heterocycles. The van der Waals surface area contributed by atoms with Crippen molar-refractivity contribution in [2.24, 2.45) is 0 Å². The number of hydrogen-bond acceptors (Lipinski definition) is 3. The first-order chi connectivity index (χ1) is 11.3. The summed E-state index contributed by atoms with van der Waals surface area (Å²) < 4.78 is 10.7. The predicted molar refractivity (Wildman–Crippen MR) is 101 cm³/mol. The van der Waals surface area contributed by atoms with Crippen LogP contribution < -0.4 is 5.32 Å². The third-order valence-corrected chi connectivity index (χ3v) is 3.30. The Balaban J connectivity index is 4.20. The SMILES string of the molecule is CCCC\C=C/C=C/C=C/C[C@H](OC)[C@@H](C)NC(=O)OC(C)(C)C. The minimum absolute atomic E-state index is 0.0951. The fraction of sp³-hybridized carbons (Fsp3) is 0.650. The van der Waals surface area contributed by atoms with Gasteiger partial charge in [-0.15, -0.1) is 0 Å². The van der Waals surface area contributed by atoms with Crippen LogP contribution in [-0.2, 0) is 9.47 Å². The Morgan fingerprint density at radius 1 is 1.12 bits per heavy atom. The number of alkyl carbamates (subject to hydrolysis) is 1.